The van der Waals surface area contributed by atoms with Crippen molar-refractivity contribution in [3.05, 3.63) is 30.9 Å². The maximum atomic E-state index is 11.5. The first-order valence-electron chi connectivity index (χ1n) is 6.35. The average Bonchev–Trinajstić information content (AvgIpc) is 2.52. The molecule has 0 aliphatic heterocycles. The third-order valence-corrected chi connectivity index (χ3v) is 2.82. The van der Waals surface area contributed by atoms with Crippen molar-refractivity contribution < 1.29 is 19.4 Å². The first-order chi connectivity index (χ1) is 10.2. The lowest BCUT2D eigenvalue weighted by molar-refractivity contribution is -0.148. The van der Waals surface area contributed by atoms with E-state index in [4.69, 9.17) is 4.74 Å². The highest BCUT2D eigenvalue weighted by atomic mass is 16.6. The lowest BCUT2D eigenvalue weighted by Crippen LogP contribution is -2.27. The molecule has 1 heterocycles. The van der Waals surface area contributed by atoms with Crippen LogP contribution in [0, 0.1) is 0 Å². The van der Waals surface area contributed by atoms with Crippen molar-refractivity contribution in [3.8, 4) is 22.9 Å². The van der Waals surface area contributed by atoms with Crippen molar-refractivity contribution >= 4 is 5.97 Å². The van der Waals surface area contributed by atoms with Crippen LogP contribution in [0.5, 0.6) is 11.5 Å². The summed E-state index contributed by atoms with van der Waals surface area (Å²) in [6, 6.07) is 4.65. The van der Waals surface area contributed by atoms with Crippen LogP contribution in [-0.4, -0.2) is 39.2 Å². The Balaban J connectivity index is 2.21. The predicted octanol–water partition coefficient (Wildman–Crippen LogP) is 1.57. The van der Waals surface area contributed by atoms with Crippen LogP contribution < -0.4 is 4.74 Å². The van der Waals surface area contributed by atoms with Crippen LogP contribution in [0.4, 0.5) is 0 Å². The molecule has 1 unspecified atom stereocenters. The molecule has 0 aliphatic rings. The Kier molecular flexibility index (Phi) is 4.65. The molecule has 2 rings (SSSR count). The summed E-state index contributed by atoms with van der Waals surface area (Å²) in [7, 11) is 1.30. The van der Waals surface area contributed by atoms with Crippen molar-refractivity contribution in [3.63, 3.8) is 0 Å². The highest BCUT2D eigenvalue weighted by molar-refractivity contribution is 5.75. The van der Waals surface area contributed by atoms with Crippen molar-refractivity contribution in [2.75, 3.05) is 7.11 Å². The number of benzene rings is 1. The molecule has 0 bridgehead atoms. The van der Waals surface area contributed by atoms with Crippen LogP contribution in [0.2, 0.25) is 0 Å². The van der Waals surface area contributed by atoms with E-state index in [-0.39, 0.29) is 5.75 Å². The second-order valence-corrected chi connectivity index (χ2v) is 4.18. The quantitative estimate of drug-likeness (QED) is 0.835. The Morgan fingerprint density at radius 2 is 2.05 bits per heavy atom. The van der Waals surface area contributed by atoms with Gasteiger partial charge in [-0.2, -0.15) is 0 Å². The number of hydrogen-bond donors (Lipinski definition) is 1. The van der Waals surface area contributed by atoms with Gasteiger partial charge in [-0.05, 0) is 18.6 Å². The molecule has 0 spiro atoms. The van der Waals surface area contributed by atoms with Gasteiger partial charge in [0.2, 0.25) is 0 Å². The molecule has 2 aromatic rings. The molecule has 7 nitrogen and oxygen atoms in total. The molecule has 0 fully saturated rings. The molecular weight excluding hydrogens is 274 g/mol. The maximum Gasteiger partial charge on any atom is 0.347 e. The number of aromatic nitrogens is 3. The maximum absolute atomic E-state index is 11.5. The van der Waals surface area contributed by atoms with E-state index in [1.807, 2.05) is 0 Å². The number of hydrogen-bond acceptors (Lipinski definition) is 7. The highest BCUT2D eigenvalue weighted by Gasteiger charge is 2.19. The Morgan fingerprint density at radius 1 is 1.33 bits per heavy atom. The summed E-state index contributed by atoms with van der Waals surface area (Å²) < 4.78 is 10.1. The Bertz CT molecular complexity index is 619. The van der Waals surface area contributed by atoms with Gasteiger partial charge >= 0.3 is 5.97 Å². The second-order valence-electron chi connectivity index (χ2n) is 4.18. The van der Waals surface area contributed by atoms with Gasteiger partial charge in [-0.1, -0.05) is 6.92 Å². The van der Waals surface area contributed by atoms with Crippen LogP contribution in [0.3, 0.4) is 0 Å². The molecule has 1 aromatic carbocycles. The van der Waals surface area contributed by atoms with Gasteiger partial charge in [-0.15, -0.1) is 0 Å². The van der Waals surface area contributed by atoms with E-state index < -0.39 is 12.1 Å². The minimum atomic E-state index is -0.711. The molecule has 0 aliphatic carbocycles. The summed E-state index contributed by atoms with van der Waals surface area (Å²) in [4.78, 5) is 23.1. The lowest BCUT2D eigenvalue weighted by atomic mass is 10.1. The summed E-state index contributed by atoms with van der Waals surface area (Å²) in [5.74, 6) is 0.216. The van der Waals surface area contributed by atoms with Crippen LogP contribution in [-0.2, 0) is 9.53 Å². The van der Waals surface area contributed by atoms with E-state index in [0.717, 1.165) is 0 Å². The Hall–Kier alpha value is -2.70. The van der Waals surface area contributed by atoms with Crippen molar-refractivity contribution in [1.82, 2.24) is 15.0 Å². The van der Waals surface area contributed by atoms with E-state index in [0.29, 0.717) is 23.6 Å². The fourth-order valence-corrected chi connectivity index (χ4v) is 1.75. The van der Waals surface area contributed by atoms with E-state index in [2.05, 4.69) is 19.7 Å². The number of nitrogens with zero attached hydrogens (tertiary/aromatic N) is 3. The van der Waals surface area contributed by atoms with E-state index in [1.165, 1.54) is 25.8 Å². The smallest absolute Gasteiger partial charge is 0.347 e. The number of carbonyl (C=O) groups excluding carboxylic acids is 1. The summed E-state index contributed by atoms with van der Waals surface area (Å²) in [6.45, 7) is 1.81. The van der Waals surface area contributed by atoms with Gasteiger partial charge in [-0.3, -0.25) is 0 Å². The molecule has 0 saturated heterocycles. The number of phenols is 1. The molecule has 1 atom stereocenters. The van der Waals surface area contributed by atoms with E-state index in [9.17, 15) is 9.90 Å². The number of rotatable bonds is 5. The van der Waals surface area contributed by atoms with Crippen LogP contribution >= 0.6 is 0 Å². The van der Waals surface area contributed by atoms with Gasteiger partial charge in [-0.25, -0.2) is 19.7 Å². The zero-order valence-corrected chi connectivity index (χ0v) is 11.7. The van der Waals surface area contributed by atoms with E-state index in [1.54, 1.807) is 19.1 Å². The van der Waals surface area contributed by atoms with Crippen molar-refractivity contribution in [2.45, 2.75) is 19.4 Å². The van der Waals surface area contributed by atoms with Gasteiger partial charge in [0.1, 0.15) is 24.2 Å². The first-order valence-corrected chi connectivity index (χ1v) is 6.35. The zero-order chi connectivity index (χ0) is 15.2. The van der Waals surface area contributed by atoms with Gasteiger partial charge in [0.05, 0.1) is 12.7 Å². The summed E-state index contributed by atoms with van der Waals surface area (Å²) in [5, 5.41) is 10.0. The lowest BCUT2D eigenvalue weighted by Gasteiger charge is -2.15. The van der Waals surface area contributed by atoms with Crippen molar-refractivity contribution in [1.29, 1.82) is 0 Å². The predicted molar refractivity (Wildman–Crippen MR) is 73.7 cm³/mol. The molecule has 1 N–H and O–H groups in total. The van der Waals surface area contributed by atoms with Crippen LogP contribution in [0.15, 0.2) is 30.9 Å². The molecule has 21 heavy (non-hydrogen) atoms. The number of phenolic OH excluding ortho intramolecular Hbond substituents is 1. The fraction of sp³-hybridized carbons (Fsp3) is 0.286. The minimum absolute atomic E-state index is 0.0431. The topological polar surface area (TPSA) is 94.4 Å². The molecule has 0 saturated carbocycles. The number of esters is 1. The summed E-state index contributed by atoms with van der Waals surface area (Å²) in [5.41, 5.74) is 0.455. The average molecular weight is 289 g/mol. The molecule has 0 radical (unpaired) electrons. The van der Waals surface area contributed by atoms with Gasteiger partial charge in [0, 0.05) is 6.07 Å². The van der Waals surface area contributed by atoms with Gasteiger partial charge < -0.3 is 14.6 Å². The van der Waals surface area contributed by atoms with Gasteiger partial charge in [0.15, 0.2) is 11.9 Å². The van der Waals surface area contributed by atoms with Crippen molar-refractivity contribution in [2.24, 2.45) is 0 Å². The highest BCUT2D eigenvalue weighted by Crippen LogP contribution is 2.30. The zero-order valence-electron chi connectivity index (χ0n) is 11.7. The third-order valence-electron chi connectivity index (χ3n) is 2.82. The summed E-state index contributed by atoms with van der Waals surface area (Å²) in [6.07, 6.45) is 2.44. The molecular formula is C14H15N3O4. The van der Waals surface area contributed by atoms with Gasteiger partial charge in [0.25, 0.3) is 0 Å². The second kappa shape index (κ2) is 6.65. The minimum Gasteiger partial charge on any atom is -0.507 e. The number of methoxy groups -OCH3 is 1. The standard InChI is InChI=1S/C14H15N3O4/c1-3-12(14(19)20-2)21-9-4-5-10(11(18)6-9)13-16-7-15-8-17-13/h4-8,12,18H,3H2,1-2H3. The monoisotopic (exact) mass is 289 g/mol. The van der Waals surface area contributed by atoms with Crippen LogP contribution in [0.25, 0.3) is 11.4 Å². The summed E-state index contributed by atoms with van der Waals surface area (Å²) >= 11 is 0. The van der Waals surface area contributed by atoms with Crippen LogP contribution in [0.1, 0.15) is 13.3 Å². The molecule has 110 valence electrons. The Morgan fingerprint density at radius 3 is 2.62 bits per heavy atom. The number of ether oxygens (including phenoxy) is 2. The van der Waals surface area contributed by atoms with E-state index >= 15 is 0 Å². The molecule has 1 aromatic heterocycles. The molecule has 7 heteroatoms. The molecule has 0 amide bonds. The normalized spacial score (nSPS) is 11.7. The third kappa shape index (κ3) is 3.44. The largest absolute Gasteiger partial charge is 0.507 e. The number of aromatic hydroxyl groups is 1. The SMILES string of the molecule is CCC(Oc1ccc(-c2ncncn2)c(O)c1)C(=O)OC. The number of carbonyl (C=O) groups is 1. The Labute approximate surface area is 121 Å². The first kappa shape index (κ1) is 14.7. The fourth-order valence-electron chi connectivity index (χ4n) is 1.75.